The largest absolute Gasteiger partial charge is 0.392 e. The van der Waals surface area contributed by atoms with Gasteiger partial charge in [-0.1, -0.05) is 12.1 Å². The first-order valence-electron chi connectivity index (χ1n) is 6.00. The highest BCUT2D eigenvalue weighted by Crippen LogP contribution is 2.17. The maximum Gasteiger partial charge on any atom is 0.231 e. The minimum atomic E-state index is -0.173. The number of rotatable bonds is 4. The number of hydrogen-bond acceptors (Lipinski definition) is 4. The predicted octanol–water partition coefficient (Wildman–Crippen LogP) is 0.352. The predicted molar refractivity (Wildman–Crippen MR) is 68.2 cm³/mol. The average Bonchev–Trinajstić information content (AvgIpc) is 2.87. The van der Waals surface area contributed by atoms with Gasteiger partial charge in [0.25, 0.3) is 0 Å². The van der Waals surface area contributed by atoms with E-state index in [4.69, 9.17) is 9.84 Å². The molecule has 1 fully saturated rings. The number of anilines is 1. The zero-order chi connectivity index (χ0) is 13.0. The molecule has 18 heavy (non-hydrogen) atoms. The molecular weight excluding hydrogens is 232 g/mol. The van der Waals surface area contributed by atoms with Gasteiger partial charge in [0, 0.05) is 11.7 Å². The van der Waals surface area contributed by atoms with Crippen LogP contribution >= 0.6 is 0 Å². The van der Waals surface area contributed by atoms with Gasteiger partial charge in [0.15, 0.2) is 0 Å². The molecule has 1 aliphatic heterocycles. The molecule has 0 bridgehead atoms. The van der Waals surface area contributed by atoms with E-state index in [0.717, 1.165) is 5.56 Å². The van der Waals surface area contributed by atoms with Gasteiger partial charge in [-0.05, 0) is 24.7 Å². The van der Waals surface area contributed by atoms with Crippen LogP contribution in [-0.2, 0) is 16.1 Å². The third-order valence-electron chi connectivity index (χ3n) is 3.17. The summed E-state index contributed by atoms with van der Waals surface area (Å²) < 4.78 is 5.30. The van der Waals surface area contributed by atoms with E-state index in [1.165, 1.54) is 0 Å². The van der Waals surface area contributed by atoms with E-state index in [1.807, 2.05) is 19.2 Å². The van der Waals surface area contributed by atoms with Gasteiger partial charge in [-0.15, -0.1) is 0 Å². The van der Waals surface area contributed by atoms with Crippen LogP contribution in [0, 0.1) is 5.92 Å². The number of likely N-dealkylation sites (N-methyl/N-ethyl adjacent to an activating group) is 1. The summed E-state index contributed by atoms with van der Waals surface area (Å²) in [5.74, 6) is -0.227. The highest BCUT2D eigenvalue weighted by Gasteiger charge is 2.32. The second kappa shape index (κ2) is 5.95. The molecule has 5 heteroatoms. The number of benzene rings is 1. The van der Waals surface area contributed by atoms with E-state index < -0.39 is 0 Å². The van der Waals surface area contributed by atoms with Gasteiger partial charge in [0.1, 0.15) is 0 Å². The third kappa shape index (κ3) is 2.87. The molecule has 2 rings (SSSR count). The van der Waals surface area contributed by atoms with E-state index in [2.05, 4.69) is 10.6 Å². The average molecular weight is 250 g/mol. The van der Waals surface area contributed by atoms with Gasteiger partial charge in [-0.2, -0.15) is 0 Å². The molecule has 0 aromatic heterocycles. The van der Waals surface area contributed by atoms with Gasteiger partial charge in [-0.25, -0.2) is 0 Å². The van der Waals surface area contributed by atoms with Crippen LogP contribution < -0.4 is 10.6 Å². The van der Waals surface area contributed by atoms with Crippen molar-refractivity contribution in [3.63, 3.8) is 0 Å². The van der Waals surface area contributed by atoms with Crippen LogP contribution in [0.2, 0.25) is 0 Å². The Bertz CT molecular complexity index is 422. The van der Waals surface area contributed by atoms with Crippen LogP contribution in [0.5, 0.6) is 0 Å². The van der Waals surface area contributed by atoms with Crippen molar-refractivity contribution in [2.45, 2.75) is 12.6 Å². The molecule has 2 unspecified atom stereocenters. The summed E-state index contributed by atoms with van der Waals surface area (Å²) in [5, 5.41) is 15.0. The number of carbonyl (C=O) groups is 1. The Balaban J connectivity index is 2.02. The zero-order valence-electron chi connectivity index (χ0n) is 10.3. The standard InChI is InChI=1S/C13H18N2O3/c1-14-12-8-18-7-11(12)13(17)15-10-4-2-3-9(5-10)6-16/h2-5,11-12,14,16H,6-8H2,1H3,(H,15,17). The number of aliphatic hydroxyl groups is 1. The number of aliphatic hydroxyl groups excluding tert-OH is 1. The normalized spacial score (nSPS) is 23.0. The maximum absolute atomic E-state index is 12.1. The van der Waals surface area contributed by atoms with Crippen molar-refractivity contribution in [2.24, 2.45) is 5.92 Å². The quantitative estimate of drug-likeness (QED) is 0.721. The van der Waals surface area contributed by atoms with Crippen molar-refractivity contribution in [3.8, 4) is 0 Å². The SMILES string of the molecule is CNC1COCC1C(=O)Nc1cccc(CO)c1. The summed E-state index contributed by atoms with van der Waals surface area (Å²) in [6, 6.07) is 7.25. The topological polar surface area (TPSA) is 70.6 Å². The molecule has 0 saturated carbocycles. The van der Waals surface area contributed by atoms with E-state index in [0.29, 0.717) is 18.9 Å². The molecule has 5 nitrogen and oxygen atoms in total. The Morgan fingerprint density at radius 2 is 2.33 bits per heavy atom. The van der Waals surface area contributed by atoms with E-state index in [-0.39, 0.29) is 24.5 Å². The van der Waals surface area contributed by atoms with Crippen molar-refractivity contribution in [1.82, 2.24) is 5.32 Å². The number of nitrogens with one attached hydrogen (secondary N) is 2. The van der Waals surface area contributed by atoms with Crippen molar-refractivity contribution in [1.29, 1.82) is 0 Å². The summed E-state index contributed by atoms with van der Waals surface area (Å²) in [6.45, 7) is 0.970. The number of hydrogen-bond donors (Lipinski definition) is 3. The van der Waals surface area contributed by atoms with Crippen molar-refractivity contribution < 1.29 is 14.6 Å². The van der Waals surface area contributed by atoms with E-state index in [9.17, 15) is 4.79 Å². The molecule has 3 N–H and O–H groups in total. The summed E-state index contributed by atoms with van der Waals surface area (Å²) >= 11 is 0. The van der Waals surface area contributed by atoms with Gasteiger partial charge in [-0.3, -0.25) is 4.79 Å². The molecule has 0 radical (unpaired) electrons. The monoisotopic (exact) mass is 250 g/mol. The van der Waals surface area contributed by atoms with Gasteiger partial charge in [0.05, 0.1) is 25.7 Å². The van der Waals surface area contributed by atoms with Gasteiger partial charge < -0.3 is 20.5 Å². The molecule has 1 aromatic rings. The Morgan fingerprint density at radius 1 is 1.50 bits per heavy atom. The fourth-order valence-electron chi connectivity index (χ4n) is 2.08. The molecule has 1 heterocycles. The van der Waals surface area contributed by atoms with Crippen LogP contribution in [0.1, 0.15) is 5.56 Å². The fraction of sp³-hybridized carbons (Fsp3) is 0.462. The van der Waals surface area contributed by atoms with E-state index >= 15 is 0 Å². The lowest BCUT2D eigenvalue weighted by molar-refractivity contribution is -0.120. The minimum Gasteiger partial charge on any atom is -0.392 e. The first-order chi connectivity index (χ1) is 8.74. The molecule has 1 aliphatic rings. The number of carbonyl (C=O) groups excluding carboxylic acids is 1. The summed E-state index contributed by atoms with van der Waals surface area (Å²) in [6.07, 6.45) is 0. The lowest BCUT2D eigenvalue weighted by Crippen LogP contribution is -2.39. The first kappa shape index (κ1) is 13.0. The Labute approximate surface area is 106 Å². The Morgan fingerprint density at radius 3 is 3.06 bits per heavy atom. The summed E-state index contributed by atoms with van der Waals surface area (Å²) in [4.78, 5) is 12.1. The second-order valence-electron chi connectivity index (χ2n) is 4.39. The summed E-state index contributed by atoms with van der Waals surface area (Å²) in [7, 11) is 1.83. The molecule has 98 valence electrons. The van der Waals surface area contributed by atoms with Crippen molar-refractivity contribution in [2.75, 3.05) is 25.6 Å². The highest BCUT2D eigenvalue weighted by molar-refractivity contribution is 5.93. The smallest absolute Gasteiger partial charge is 0.231 e. The number of ether oxygens (including phenoxy) is 1. The summed E-state index contributed by atoms with van der Waals surface area (Å²) in [5.41, 5.74) is 1.48. The van der Waals surface area contributed by atoms with Crippen molar-refractivity contribution >= 4 is 11.6 Å². The van der Waals surface area contributed by atoms with E-state index in [1.54, 1.807) is 12.1 Å². The highest BCUT2D eigenvalue weighted by atomic mass is 16.5. The van der Waals surface area contributed by atoms with Crippen LogP contribution in [0.15, 0.2) is 24.3 Å². The lowest BCUT2D eigenvalue weighted by atomic mass is 10.0. The second-order valence-corrected chi connectivity index (χ2v) is 4.39. The third-order valence-corrected chi connectivity index (χ3v) is 3.17. The van der Waals surface area contributed by atoms with Gasteiger partial charge >= 0.3 is 0 Å². The minimum absolute atomic E-state index is 0.0324. The Hall–Kier alpha value is -1.43. The van der Waals surface area contributed by atoms with Crippen LogP contribution in [0.25, 0.3) is 0 Å². The number of amides is 1. The van der Waals surface area contributed by atoms with Crippen LogP contribution in [-0.4, -0.2) is 37.3 Å². The van der Waals surface area contributed by atoms with Crippen LogP contribution in [0.3, 0.4) is 0 Å². The van der Waals surface area contributed by atoms with Crippen molar-refractivity contribution in [3.05, 3.63) is 29.8 Å². The molecule has 1 aromatic carbocycles. The molecule has 1 saturated heterocycles. The maximum atomic E-state index is 12.1. The lowest BCUT2D eigenvalue weighted by Gasteiger charge is -2.16. The van der Waals surface area contributed by atoms with Crippen LogP contribution in [0.4, 0.5) is 5.69 Å². The molecule has 0 aliphatic carbocycles. The molecule has 1 amide bonds. The molecular formula is C13H18N2O3. The zero-order valence-corrected chi connectivity index (χ0v) is 10.3. The van der Waals surface area contributed by atoms with Gasteiger partial charge in [0.2, 0.25) is 5.91 Å². The Kier molecular flexibility index (Phi) is 4.30. The fourth-order valence-corrected chi connectivity index (χ4v) is 2.08. The molecule has 2 atom stereocenters. The first-order valence-corrected chi connectivity index (χ1v) is 6.00. The molecule has 0 spiro atoms.